The fourth-order valence-electron chi connectivity index (χ4n) is 2.35. The van der Waals surface area contributed by atoms with E-state index in [4.69, 9.17) is 0 Å². The molecule has 1 saturated heterocycles. The Morgan fingerprint density at radius 3 is 2.72 bits per heavy atom. The van der Waals surface area contributed by atoms with Crippen molar-refractivity contribution < 1.29 is 4.79 Å². The fraction of sp³-hybridized carbons (Fsp3) is 0.500. The van der Waals surface area contributed by atoms with Gasteiger partial charge < -0.3 is 15.1 Å². The predicted molar refractivity (Wildman–Crippen MR) is 73.8 cm³/mol. The third kappa shape index (κ3) is 2.82. The molecule has 1 amide bonds. The SMILES string of the molecule is CNCCC1CN(c2ccccc2)CC(=O)N1C. The molecule has 1 aromatic rings. The molecule has 0 aliphatic carbocycles. The molecule has 1 heterocycles. The average molecular weight is 247 g/mol. The zero-order valence-electron chi connectivity index (χ0n) is 11.1. The van der Waals surface area contributed by atoms with Gasteiger partial charge in [0.2, 0.25) is 5.91 Å². The second kappa shape index (κ2) is 5.87. The Morgan fingerprint density at radius 2 is 2.06 bits per heavy atom. The molecule has 0 saturated carbocycles. The van der Waals surface area contributed by atoms with Gasteiger partial charge in [-0.05, 0) is 32.1 Å². The van der Waals surface area contributed by atoms with Crippen molar-refractivity contribution in [3.63, 3.8) is 0 Å². The van der Waals surface area contributed by atoms with Crippen LogP contribution in [0.4, 0.5) is 5.69 Å². The highest BCUT2D eigenvalue weighted by molar-refractivity contribution is 5.83. The smallest absolute Gasteiger partial charge is 0.242 e. The average Bonchev–Trinajstić information content (AvgIpc) is 2.41. The Kier molecular flexibility index (Phi) is 4.20. The molecule has 0 bridgehead atoms. The molecule has 98 valence electrons. The quantitative estimate of drug-likeness (QED) is 0.860. The summed E-state index contributed by atoms with van der Waals surface area (Å²) in [5, 5.41) is 3.15. The van der Waals surface area contributed by atoms with E-state index in [2.05, 4.69) is 22.3 Å². The van der Waals surface area contributed by atoms with E-state index < -0.39 is 0 Å². The highest BCUT2D eigenvalue weighted by Crippen LogP contribution is 2.19. The lowest BCUT2D eigenvalue weighted by molar-refractivity contribution is -0.132. The van der Waals surface area contributed by atoms with Crippen molar-refractivity contribution in [2.75, 3.05) is 38.6 Å². The minimum absolute atomic E-state index is 0.200. The number of likely N-dealkylation sites (N-methyl/N-ethyl adjacent to an activating group) is 1. The number of nitrogens with zero attached hydrogens (tertiary/aromatic N) is 2. The second-order valence-corrected chi connectivity index (χ2v) is 4.77. The zero-order valence-corrected chi connectivity index (χ0v) is 11.1. The first kappa shape index (κ1) is 12.9. The molecule has 4 heteroatoms. The van der Waals surface area contributed by atoms with Crippen LogP contribution < -0.4 is 10.2 Å². The Hall–Kier alpha value is -1.55. The minimum Gasteiger partial charge on any atom is -0.360 e. The van der Waals surface area contributed by atoms with Crippen LogP contribution in [0.5, 0.6) is 0 Å². The van der Waals surface area contributed by atoms with Gasteiger partial charge in [-0.3, -0.25) is 4.79 Å². The van der Waals surface area contributed by atoms with E-state index in [0.717, 1.165) is 25.2 Å². The first-order valence-corrected chi connectivity index (χ1v) is 6.42. The van der Waals surface area contributed by atoms with Crippen LogP contribution in [0.15, 0.2) is 30.3 Å². The van der Waals surface area contributed by atoms with Crippen LogP contribution in [0.2, 0.25) is 0 Å². The van der Waals surface area contributed by atoms with Gasteiger partial charge in [0.05, 0.1) is 12.6 Å². The van der Waals surface area contributed by atoms with Crippen LogP contribution in [0.25, 0.3) is 0 Å². The molecule has 1 aliphatic heterocycles. The Morgan fingerprint density at radius 1 is 1.33 bits per heavy atom. The van der Waals surface area contributed by atoms with Crippen molar-refractivity contribution >= 4 is 11.6 Å². The van der Waals surface area contributed by atoms with Gasteiger partial charge in [-0.15, -0.1) is 0 Å². The monoisotopic (exact) mass is 247 g/mol. The molecule has 1 atom stereocenters. The van der Waals surface area contributed by atoms with Crippen molar-refractivity contribution in [1.29, 1.82) is 0 Å². The van der Waals surface area contributed by atoms with E-state index in [1.807, 2.05) is 37.2 Å². The lowest BCUT2D eigenvalue weighted by Gasteiger charge is -2.40. The van der Waals surface area contributed by atoms with Gasteiger partial charge in [0.15, 0.2) is 0 Å². The molecule has 2 rings (SSSR count). The number of benzene rings is 1. The molecule has 4 nitrogen and oxygen atoms in total. The Labute approximate surface area is 109 Å². The number of rotatable bonds is 4. The summed E-state index contributed by atoms with van der Waals surface area (Å²) in [4.78, 5) is 16.1. The van der Waals surface area contributed by atoms with E-state index in [-0.39, 0.29) is 5.91 Å². The van der Waals surface area contributed by atoms with Crippen LogP contribution in [0, 0.1) is 0 Å². The summed E-state index contributed by atoms with van der Waals surface area (Å²) in [5.74, 6) is 0.200. The summed E-state index contributed by atoms with van der Waals surface area (Å²) in [6.07, 6.45) is 0.988. The normalized spacial score (nSPS) is 20.3. The maximum Gasteiger partial charge on any atom is 0.242 e. The first-order chi connectivity index (χ1) is 8.72. The lowest BCUT2D eigenvalue weighted by Crippen LogP contribution is -2.55. The van der Waals surface area contributed by atoms with Gasteiger partial charge in [0, 0.05) is 19.3 Å². The summed E-state index contributed by atoms with van der Waals surface area (Å²) in [6.45, 7) is 2.33. The van der Waals surface area contributed by atoms with Crippen molar-refractivity contribution in [2.24, 2.45) is 0 Å². The molecule has 1 aromatic carbocycles. The van der Waals surface area contributed by atoms with E-state index in [1.54, 1.807) is 0 Å². The summed E-state index contributed by atoms with van der Waals surface area (Å²) in [6, 6.07) is 10.4. The predicted octanol–water partition coefficient (Wildman–Crippen LogP) is 0.943. The number of carbonyl (C=O) groups is 1. The summed E-state index contributed by atoms with van der Waals surface area (Å²) < 4.78 is 0. The Bertz CT molecular complexity index is 393. The van der Waals surface area contributed by atoms with Crippen LogP contribution in [0.3, 0.4) is 0 Å². The second-order valence-electron chi connectivity index (χ2n) is 4.77. The van der Waals surface area contributed by atoms with Gasteiger partial charge in [-0.2, -0.15) is 0 Å². The molecule has 1 aliphatic rings. The molecule has 18 heavy (non-hydrogen) atoms. The number of hydrogen-bond donors (Lipinski definition) is 1. The number of amides is 1. The summed E-state index contributed by atoms with van der Waals surface area (Å²) in [5.41, 5.74) is 1.13. The van der Waals surface area contributed by atoms with E-state index in [9.17, 15) is 4.79 Å². The van der Waals surface area contributed by atoms with Crippen LogP contribution in [-0.2, 0) is 4.79 Å². The number of nitrogens with one attached hydrogen (secondary N) is 1. The van der Waals surface area contributed by atoms with Gasteiger partial charge in [-0.25, -0.2) is 0 Å². The molecule has 1 fully saturated rings. The van der Waals surface area contributed by atoms with Gasteiger partial charge in [0.1, 0.15) is 0 Å². The molecule has 0 spiro atoms. The van der Waals surface area contributed by atoms with Crippen LogP contribution in [0.1, 0.15) is 6.42 Å². The number of carbonyl (C=O) groups excluding carboxylic acids is 1. The number of anilines is 1. The molecule has 1 N–H and O–H groups in total. The first-order valence-electron chi connectivity index (χ1n) is 6.42. The van der Waals surface area contributed by atoms with E-state index in [1.165, 1.54) is 0 Å². The number of para-hydroxylation sites is 1. The maximum atomic E-state index is 12.0. The van der Waals surface area contributed by atoms with Crippen molar-refractivity contribution in [1.82, 2.24) is 10.2 Å². The standard InChI is InChI=1S/C14H21N3O/c1-15-9-8-13-10-17(11-14(18)16(13)2)12-6-4-3-5-7-12/h3-7,13,15H,8-11H2,1-2H3. The molecule has 0 radical (unpaired) electrons. The number of hydrogen-bond acceptors (Lipinski definition) is 3. The summed E-state index contributed by atoms with van der Waals surface area (Å²) >= 11 is 0. The van der Waals surface area contributed by atoms with Gasteiger partial charge in [-0.1, -0.05) is 18.2 Å². The minimum atomic E-state index is 0.200. The van der Waals surface area contributed by atoms with Gasteiger partial charge in [0.25, 0.3) is 0 Å². The third-order valence-electron chi connectivity index (χ3n) is 3.55. The van der Waals surface area contributed by atoms with Crippen LogP contribution in [-0.4, -0.2) is 50.6 Å². The molecular formula is C14H21N3O. The third-order valence-corrected chi connectivity index (χ3v) is 3.55. The molecule has 0 aromatic heterocycles. The topological polar surface area (TPSA) is 35.6 Å². The van der Waals surface area contributed by atoms with Crippen molar-refractivity contribution in [3.05, 3.63) is 30.3 Å². The summed E-state index contributed by atoms with van der Waals surface area (Å²) in [7, 11) is 3.85. The largest absolute Gasteiger partial charge is 0.360 e. The highest BCUT2D eigenvalue weighted by atomic mass is 16.2. The van der Waals surface area contributed by atoms with Crippen molar-refractivity contribution in [3.8, 4) is 0 Å². The van der Waals surface area contributed by atoms with Gasteiger partial charge >= 0.3 is 0 Å². The molecular weight excluding hydrogens is 226 g/mol. The van der Waals surface area contributed by atoms with Crippen molar-refractivity contribution in [2.45, 2.75) is 12.5 Å². The maximum absolute atomic E-state index is 12.0. The number of piperazine rings is 1. The fourth-order valence-corrected chi connectivity index (χ4v) is 2.35. The van der Waals surface area contributed by atoms with E-state index in [0.29, 0.717) is 12.6 Å². The Balaban J connectivity index is 2.08. The highest BCUT2D eigenvalue weighted by Gasteiger charge is 2.29. The lowest BCUT2D eigenvalue weighted by atomic mass is 10.1. The zero-order chi connectivity index (χ0) is 13.0. The van der Waals surface area contributed by atoms with Crippen LogP contribution >= 0.6 is 0 Å². The van der Waals surface area contributed by atoms with E-state index >= 15 is 0 Å². The molecule has 1 unspecified atom stereocenters.